The first kappa shape index (κ1) is 28.0. The predicted octanol–water partition coefficient (Wildman–Crippen LogP) is 6.71. The average molecular weight is 408 g/mol. The van der Waals surface area contributed by atoms with Crippen LogP contribution in [-0.4, -0.2) is 16.6 Å². The second-order valence-corrected chi connectivity index (χ2v) is 16.0. The van der Waals surface area contributed by atoms with Crippen LogP contribution in [0.2, 0.25) is 39.3 Å². The van der Waals surface area contributed by atoms with E-state index >= 15 is 0 Å². The van der Waals surface area contributed by atoms with E-state index < -0.39 is 16.6 Å². The summed E-state index contributed by atoms with van der Waals surface area (Å²) in [7, 11) is -2.75. The Morgan fingerprint density at radius 1 is 0.739 bits per heavy atom. The summed E-state index contributed by atoms with van der Waals surface area (Å²) in [5.74, 6) is 2.22. The summed E-state index contributed by atoms with van der Waals surface area (Å²) in [5.41, 5.74) is 0. The van der Waals surface area contributed by atoms with Crippen molar-refractivity contribution in [3.8, 4) is 0 Å². The molecule has 0 rings (SSSR count). The van der Waals surface area contributed by atoms with E-state index in [2.05, 4.69) is 53.1 Å². The van der Waals surface area contributed by atoms with Gasteiger partial charge in [0.25, 0.3) is 0 Å². The maximum absolute atomic E-state index is 5.79. The molecule has 23 heavy (non-hydrogen) atoms. The quantitative estimate of drug-likeness (QED) is 0.253. The number of rotatable bonds is 8. The van der Waals surface area contributed by atoms with Crippen LogP contribution in [0.25, 0.3) is 0 Å². The molecule has 0 N–H and O–H groups in total. The Balaban J connectivity index is -0.000000333. The van der Waals surface area contributed by atoms with Crippen LogP contribution in [0.4, 0.5) is 0 Å². The maximum Gasteiger partial charge on any atom is 2.00 e. The van der Waals surface area contributed by atoms with E-state index in [0.29, 0.717) is 0 Å². The van der Waals surface area contributed by atoms with Crippen LogP contribution >= 0.6 is 0 Å². The van der Waals surface area contributed by atoms with E-state index in [1.54, 1.807) is 0 Å². The Hall–Kier alpha value is 0.137. The first-order valence-corrected chi connectivity index (χ1v) is 15.1. The molecule has 0 heterocycles. The van der Waals surface area contributed by atoms with E-state index in [1.807, 2.05) is 26.0 Å². The van der Waals surface area contributed by atoms with Crippen LogP contribution in [0.5, 0.6) is 0 Å². The van der Waals surface area contributed by atoms with Gasteiger partial charge in [-0.2, -0.15) is 12.8 Å². The minimum atomic E-state index is -1.37. The van der Waals surface area contributed by atoms with Gasteiger partial charge >= 0.3 is 19.5 Å². The first-order chi connectivity index (χ1) is 9.99. The molecule has 0 bridgehead atoms. The molecule has 0 aliphatic carbocycles. The van der Waals surface area contributed by atoms with Crippen molar-refractivity contribution in [3.05, 3.63) is 37.5 Å². The van der Waals surface area contributed by atoms with Crippen molar-refractivity contribution in [3.63, 3.8) is 0 Å². The third-order valence-electron chi connectivity index (χ3n) is 2.36. The summed E-state index contributed by atoms with van der Waals surface area (Å²) in [6, 6.07) is 0. The van der Waals surface area contributed by atoms with Crippen molar-refractivity contribution in [1.82, 2.24) is 0 Å². The third kappa shape index (κ3) is 22.1. The normalized spacial score (nSPS) is 12.8. The molecule has 0 atom stereocenters. The molecule has 132 valence electrons. The largest absolute Gasteiger partial charge is 2.00 e. The van der Waals surface area contributed by atoms with Gasteiger partial charge in [0.15, 0.2) is 0 Å². The standard InChI is InChI=1S/2C9H19OSi.Zn/c2*1-6-8-9(7-2)10-11(3,4)5;/h2*7H,1,6,8H2,2-5H3;/q2*-1;+2/b2*9-7-;. The average Bonchev–Trinajstić information content (AvgIpc) is 2.35. The minimum absolute atomic E-state index is 0. The molecule has 0 amide bonds. The van der Waals surface area contributed by atoms with Gasteiger partial charge in [-0.3, -0.25) is 0 Å². The van der Waals surface area contributed by atoms with Crippen LogP contribution in [-0.2, 0) is 28.3 Å². The molecule has 0 radical (unpaired) electrons. The molecule has 0 saturated carbocycles. The minimum Gasteiger partial charge on any atom is -0.548 e. The fourth-order valence-corrected chi connectivity index (χ4v) is 3.66. The van der Waals surface area contributed by atoms with Gasteiger partial charge in [0, 0.05) is 0 Å². The summed E-state index contributed by atoms with van der Waals surface area (Å²) in [5, 5.41) is 0. The van der Waals surface area contributed by atoms with E-state index in [4.69, 9.17) is 8.85 Å². The molecule has 0 aliphatic rings. The molecule has 2 nitrogen and oxygen atoms in total. The summed E-state index contributed by atoms with van der Waals surface area (Å²) < 4.78 is 11.6. The first-order valence-electron chi connectivity index (χ1n) is 8.26. The molecule has 0 aliphatic heterocycles. The van der Waals surface area contributed by atoms with Crippen molar-refractivity contribution in [1.29, 1.82) is 0 Å². The summed E-state index contributed by atoms with van der Waals surface area (Å²) >= 11 is 0. The molecule has 0 spiro atoms. The molecule has 5 heteroatoms. The van der Waals surface area contributed by atoms with Crippen LogP contribution < -0.4 is 0 Å². The van der Waals surface area contributed by atoms with Crippen molar-refractivity contribution < 1.29 is 28.3 Å². The molecule has 0 aromatic heterocycles. The maximum atomic E-state index is 5.79. The van der Waals surface area contributed by atoms with Gasteiger partial charge in [-0.25, -0.2) is 0 Å². The van der Waals surface area contributed by atoms with Crippen LogP contribution in [0.1, 0.15) is 39.5 Å². The summed E-state index contributed by atoms with van der Waals surface area (Å²) in [4.78, 5) is 0. The second kappa shape index (κ2) is 14.5. The van der Waals surface area contributed by atoms with E-state index in [1.165, 1.54) is 0 Å². The molecular weight excluding hydrogens is 370 g/mol. The zero-order chi connectivity index (χ0) is 17.8. The monoisotopic (exact) mass is 406 g/mol. The van der Waals surface area contributed by atoms with E-state index in [9.17, 15) is 0 Å². The number of hydrogen-bond donors (Lipinski definition) is 0. The van der Waals surface area contributed by atoms with Crippen LogP contribution in [0, 0.1) is 13.8 Å². The van der Waals surface area contributed by atoms with Crippen LogP contribution in [0.15, 0.2) is 23.7 Å². The molecule has 0 aromatic carbocycles. The molecular formula is C18H38O2Si2Zn. The zero-order valence-electron chi connectivity index (χ0n) is 16.9. The van der Waals surface area contributed by atoms with Gasteiger partial charge in [0.2, 0.25) is 16.6 Å². The summed E-state index contributed by atoms with van der Waals surface area (Å²) in [6.45, 7) is 24.8. The van der Waals surface area contributed by atoms with Gasteiger partial charge in [-0.15, -0.1) is 0 Å². The SMILES string of the molecule is [CH2-]CC/C(=C/C)O[Si](C)(C)C.[CH2-]CC/C(=C/C)O[Si](C)(C)C.[Zn+2]. The van der Waals surface area contributed by atoms with Gasteiger partial charge in [-0.05, 0) is 66.0 Å². The van der Waals surface area contributed by atoms with Crippen molar-refractivity contribution in [2.45, 2.75) is 78.8 Å². The Bertz CT molecular complexity index is 306. The van der Waals surface area contributed by atoms with Gasteiger partial charge in [-0.1, -0.05) is 12.2 Å². The summed E-state index contributed by atoms with van der Waals surface area (Å²) in [6.07, 6.45) is 7.88. The number of allylic oxidation sites excluding steroid dienone is 4. The Kier molecular flexibility index (Phi) is 17.6. The third-order valence-corrected chi connectivity index (χ3v) is 4.11. The Labute approximate surface area is 161 Å². The zero-order valence-corrected chi connectivity index (χ0v) is 21.9. The smallest absolute Gasteiger partial charge is 0.548 e. The topological polar surface area (TPSA) is 18.5 Å². The van der Waals surface area contributed by atoms with Gasteiger partial charge < -0.3 is 22.7 Å². The molecule has 0 unspecified atom stereocenters. The van der Waals surface area contributed by atoms with E-state index in [-0.39, 0.29) is 19.5 Å². The van der Waals surface area contributed by atoms with Crippen molar-refractivity contribution >= 4 is 16.6 Å². The van der Waals surface area contributed by atoms with Gasteiger partial charge in [0.05, 0.1) is 11.5 Å². The fraction of sp³-hybridized carbons (Fsp3) is 0.667. The molecule has 0 aromatic rings. The van der Waals surface area contributed by atoms with Crippen molar-refractivity contribution in [2.24, 2.45) is 0 Å². The Morgan fingerprint density at radius 2 is 1.00 bits per heavy atom. The second-order valence-electron chi connectivity index (χ2n) is 7.15. The van der Waals surface area contributed by atoms with Crippen LogP contribution in [0.3, 0.4) is 0 Å². The van der Waals surface area contributed by atoms with E-state index in [0.717, 1.165) is 37.2 Å². The molecule has 0 fully saturated rings. The van der Waals surface area contributed by atoms with Crippen molar-refractivity contribution in [2.75, 3.05) is 0 Å². The predicted molar refractivity (Wildman–Crippen MR) is 106 cm³/mol. The van der Waals surface area contributed by atoms with Gasteiger partial charge in [0.1, 0.15) is 0 Å². The fourth-order valence-electron chi connectivity index (χ4n) is 1.64. The Morgan fingerprint density at radius 3 is 1.13 bits per heavy atom. The number of hydrogen-bond acceptors (Lipinski definition) is 2. The molecule has 0 saturated heterocycles.